The van der Waals surface area contributed by atoms with E-state index in [1.165, 1.54) is 23.1 Å². The molecule has 4 rings (SSSR count). The van der Waals surface area contributed by atoms with Crippen LogP contribution in [0.25, 0.3) is 11.5 Å². The van der Waals surface area contributed by atoms with Crippen molar-refractivity contribution in [3.8, 4) is 11.5 Å². The summed E-state index contributed by atoms with van der Waals surface area (Å²) in [5.41, 5.74) is 6.62. The molecule has 1 atom stereocenters. The maximum atomic E-state index is 12.3. The van der Waals surface area contributed by atoms with Crippen molar-refractivity contribution >= 4 is 58.1 Å². The van der Waals surface area contributed by atoms with Crippen LogP contribution in [-0.2, 0) is 16.1 Å². The zero-order chi connectivity index (χ0) is 24.1. The van der Waals surface area contributed by atoms with Crippen molar-refractivity contribution in [2.45, 2.75) is 17.0 Å². The number of halogens is 2. The molecular weight excluding hydrogens is 523 g/mol. The lowest BCUT2D eigenvalue weighted by Gasteiger charge is -2.33. The number of aromatic nitrogens is 3. The molecular formula is C20H20Cl2N6O4S2. The van der Waals surface area contributed by atoms with Gasteiger partial charge in [-0.3, -0.25) is 14.5 Å². The molecule has 3 heterocycles. The summed E-state index contributed by atoms with van der Waals surface area (Å²) >= 11 is 14.7. The van der Waals surface area contributed by atoms with Crippen molar-refractivity contribution in [2.24, 2.45) is 5.73 Å². The van der Waals surface area contributed by atoms with Gasteiger partial charge in [0.05, 0.1) is 28.5 Å². The molecule has 3 N–H and O–H groups in total. The molecule has 1 aromatic carbocycles. The second-order valence-corrected chi connectivity index (χ2v) is 10.3. The van der Waals surface area contributed by atoms with Crippen LogP contribution in [0, 0.1) is 0 Å². The zero-order valence-electron chi connectivity index (χ0n) is 17.7. The number of nitrogens with two attached hydrogens (primary N) is 1. The quantitative estimate of drug-likeness (QED) is 0.391. The minimum atomic E-state index is -0.806. The zero-order valence-corrected chi connectivity index (χ0v) is 20.8. The molecule has 0 bridgehead atoms. The van der Waals surface area contributed by atoms with Gasteiger partial charge in [0, 0.05) is 31.6 Å². The van der Waals surface area contributed by atoms with E-state index in [2.05, 4.69) is 25.3 Å². The lowest BCUT2D eigenvalue weighted by Crippen LogP contribution is -2.47. The van der Waals surface area contributed by atoms with E-state index in [0.29, 0.717) is 39.8 Å². The maximum absolute atomic E-state index is 12.3. The van der Waals surface area contributed by atoms with E-state index in [1.54, 1.807) is 11.4 Å². The molecule has 2 aromatic heterocycles. The van der Waals surface area contributed by atoms with Gasteiger partial charge in [0.15, 0.2) is 4.34 Å². The molecule has 34 heavy (non-hydrogen) atoms. The number of carbonyl (C=O) groups excluding carboxylic acids is 2. The number of rotatable bonds is 9. The van der Waals surface area contributed by atoms with Crippen LogP contribution < -0.4 is 11.1 Å². The van der Waals surface area contributed by atoms with Gasteiger partial charge in [0.25, 0.3) is 0 Å². The molecule has 1 aliphatic rings. The number of thioether (sulfide) groups is 1. The first-order valence-corrected chi connectivity index (χ1v) is 12.8. The average Bonchev–Trinajstić information content (AvgIpc) is 3.49. The SMILES string of the molecule is NC(=O)c1nc(-c2csc(SCC(=O)NCC3CN(Cc4ccc(Cl)c(Cl)c4)CCO3)n2)no1. The first-order chi connectivity index (χ1) is 16.4. The monoisotopic (exact) mass is 542 g/mol. The van der Waals surface area contributed by atoms with Gasteiger partial charge in [0.1, 0.15) is 5.69 Å². The summed E-state index contributed by atoms with van der Waals surface area (Å²) in [7, 11) is 0. The summed E-state index contributed by atoms with van der Waals surface area (Å²) in [6, 6.07) is 5.62. The highest BCUT2D eigenvalue weighted by Gasteiger charge is 2.22. The number of nitrogens with one attached hydrogen (secondary N) is 1. The Morgan fingerprint density at radius 3 is 2.91 bits per heavy atom. The number of thiazole rings is 1. The van der Waals surface area contributed by atoms with Crippen molar-refractivity contribution in [3.63, 3.8) is 0 Å². The predicted molar refractivity (Wildman–Crippen MR) is 129 cm³/mol. The summed E-state index contributed by atoms with van der Waals surface area (Å²) in [5.74, 6) is -0.841. The molecule has 1 fully saturated rings. The van der Waals surface area contributed by atoms with E-state index in [0.717, 1.165) is 18.7 Å². The molecule has 14 heteroatoms. The Hall–Kier alpha value is -2.22. The number of amides is 2. The van der Waals surface area contributed by atoms with Crippen LogP contribution in [0.1, 0.15) is 16.2 Å². The number of primary amides is 1. The van der Waals surface area contributed by atoms with Gasteiger partial charge >= 0.3 is 11.8 Å². The molecule has 2 amide bonds. The Morgan fingerprint density at radius 1 is 1.29 bits per heavy atom. The second kappa shape index (κ2) is 11.5. The Kier molecular flexibility index (Phi) is 8.40. The third-order valence-electron chi connectivity index (χ3n) is 4.82. The van der Waals surface area contributed by atoms with E-state index in [-0.39, 0.29) is 29.5 Å². The smallest absolute Gasteiger partial charge is 0.316 e. The highest BCUT2D eigenvalue weighted by atomic mass is 35.5. The number of carbonyl (C=O) groups is 2. The molecule has 0 saturated carbocycles. The molecule has 1 aliphatic heterocycles. The first-order valence-electron chi connectivity index (χ1n) is 10.1. The standard InChI is InChI=1S/C20H20Cl2N6O4S2/c21-13-2-1-11(5-14(13)22)7-28-3-4-31-12(8-28)6-24-16(29)10-34-20-25-15(9-33-20)18-26-19(17(23)30)32-27-18/h1-2,5,9,12H,3-4,6-8,10H2,(H2,23,30)(H,24,29). The van der Waals surface area contributed by atoms with Gasteiger partial charge in [-0.2, -0.15) is 4.98 Å². The van der Waals surface area contributed by atoms with Gasteiger partial charge in [-0.05, 0) is 17.7 Å². The fourth-order valence-electron chi connectivity index (χ4n) is 3.20. The van der Waals surface area contributed by atoms with Crippen LogP contribution in [-0.4, -0.2) is 69.9 Å². The van der Waals surface area contributed by atoms with E-state index in [1.807, 2.05) is 12.1 Å². The number of ether oxygens (including phenoxy) is 1. The molecule has 0 radical (unpaired) electrons. The van der Waals surface area contributed by atoms with Crippen molar-refractivity contribution in [1.82, 2.24) is 25.3 Å². The van der Waals surface area contributed by atoms with Gasteiger partial charge in [-0.25, -0.2) is 4.98 Å². The van der Waals surface area contributed by atoms with Gasteiger partial charge < -0.3 is 20.3 Å². The number of hydrogen-bond acceptors (Lipinski definition) is 10. The van der Waals surface area contributed by atoms with Crippen LogP contribution in [0.2, 0.25) is 10.0 Å². The molecule has 0 spiro atoms. The summed E-state index contributed by atoms with van der Waals surface area (Å²) in [5, 5.41) is 9.38. The lowest BCUT2D eigenvalue weighted by atomic mass is 10.2. The number of hydrogen-bond donors (Lipinski definition) is 2. The van der Waals surface area contributed by atoms with E-state index >= 15 is 0 Å². The fraction of sp³-hybridized carbons (Fsp3) is 0.350. The summed E-state index contributed by atoms with van der Waals surface area (Å²) in [6.07, 6.45) is -0.102. The minimum Gasteiger partial charge on any atom is -0.374 e. The largest absolute Gasteiger partial charge is 0.374 e. The molecule has 10 nitrogen and oxygen atoms in total. The Labute approximate surface area is 213 Å². The predicted octanol–water partition coefficient (Wildman–Crippen LogP) is 2.71. The summed E-state index contributed by atoms with van der Waals surface area (Å²) in [4.78, 5) is 33.9. The first kappa shape index (κ1) is 24.9. The molecule has 0 aliphatic carbocycles. The molecule has 1 saturated heterocycles. The van der Waals surface area contributed by atoms with Crippen LogP contribution in [0.3, 0.4) is 0 Å². The summed E-state index contributed by atoms with van der Waals surface area (Å²) < 4.78 is 11.2. The third kappa shape index (κ3) is 6.68. The molecule has 1 unspecified atom stereocenters. The number of morpholine rings is 1. The van der Waals surface area contributed by atoms with Crippen molar-refractivity contribution in [2.75, 3.05) is 32.0 Å². The fourth-order valence-corrected chi connectivity index (χ4v) is 5.16. The topological polar surface area (TPSA) is 136 Å². The van der Waals surface area contributed by atoms with Crippen molar-refractivity contribution in [1.29, 1.82) is 0 Å². The van der Waals surface area contributed by atoms with E-state index < -0.39 is 5.91 Å². The highest BCUT2D eigenvalue weighted by Crippen LogP contribution is 2.27. The Bertz CT molecular complexity index is 1170. The lowest BCUT2D eigenvalue weighted by molar-refractivity contribution is -0.119. The van der Waals surface area contributed by atoms with Gasteiger partial charge in [0.2, 0.25) is 11.7 Å². The van der Waals surface area contributed by atoms with E-state index in [9.17, 15) is 9.59 Å². The summed E-state index contributed by atoms with van der Waals surface area (Å²) in [6.45, 7) is 3.23. The second-order valence-electron chi connectivity index (χ2n) is 7.36. The Morgan fingerprint density at radius 2 is 2.15 bits per heavy atom. The highest BCUT2D eigenvalue weighted by molar-refractivity contribution is 8.01. The third-order valence-corrected chi connectivity index (χ3v) is 7.58. The van der Waals surface area contributed by atoms with Crippen molar-refractivity contribution < 1.29 is 18.8 Å². The van der Waals surface area contributed by atoms with E-state index in [4.69, 9.17) is 38.2 Å². The molecule has 180 valence electrons. The van der Waals surface area contributed by atoms with Crippen molar-refractivity contribution in [3.05, 3.63) is 45.1 Å². The average molecular weight is 543 g/mol. The van der Waals surface area contributed by atoms with Crippen LogP contribution in [0.4, 0.5) is 0 Å². The minimum absolute atomic E-state index is 0.102. The van der Waals surface area contributed by atoms with Gasteiger partial charge in [-0.1, -0.05) is 46.2 Å². The number of nitrogens with zero attached hydrogens (tertiary/aromatic N) is 4. The van der Waals surface area contributed by atoms with Crippen LogP contribution in [0.15, 0.2) is 32.4 Å². The Balaban J connectivity index is 1.20. The van der Waals surface area contributed by atoms with Crippen LogP contribution in [0.5, 0.6) is 0 Å². The maximum Gasteiger partial charge on any atom is 0.316 e. The molecule has 3 aromatic rings. The normalized spacial score (nSPS) is 16.5. The number of benzene rings is 1. The van der Waals surface area contributed by atoms with Crippen LogP contribution >= 0.6 is 46.3 Å². The van der Waals surface area contributed by atoms with Gasteiger partial charge in [-0.15, -0.1) is 11.3 Å².